The van der Waals surface area contributed by atoms with Crippen LogP contribution in [0.15, 0.2) is 91.4 Å². The molecule has 3 aliphatic heterocycles. The normalized spacial score (nSPS) is 18.5. The third kappa shape index (κ3) is 26.9. The van der Waals surface area contributed by atoms with E-state index in [1.807, 2.05) is 117 Å². The summed E-state index contributed by atoms with van der Waals surface area (Å²) in [5.74, 6) is 12.7. The van der Waals surface area contributed by atoms with Crippen molar-refractivity contribution < 1.29 is 38.6 Å². The number of carbonyl (C=O) groups is 3. The third-order valence-electron chi connectivity index (χ3n) is 14.0. The van der Waals surface area contributed by atoms with Gasteiger partial charge in [-0.25, -0.2) is 29.3 Å². The highest BCUT2D eigenvalue weighted by atomic mass is 128. The summed E-state index contributed by atoms with van der Waals surface area (Å²) in [5, 5.41) is 17.8. The fourth-order valence-corrected chi connectivity index (χ4v) is 11.5. The Morgan fingerprint density at radius 1 is 0.538 bits per heavy atom. The molecule has 502 valence electrons. The molecule has 0 bridgehead atoms. The summed E-state index contributed by atoms with van der Waals surface area (Å²) in [5.41, 5.74) is 12.4. The van der Waals surface area contributed by atoms with Crippen molar-refractivity contribution in [2.45, 2.75) is 177 Å². The van der Waals surface area contributed by atoms with Gasteiger partial charge in [0.1, 0.15) is 50.4 Å². The number of hydrogen-bond donors (Lipinski definition) is 5. The molecule has 3 amide bonds. The summed E-state index contributed by atoms with van der Waals surface area (Å²) >= 11 is 6.43. The minimum absolute atomic E-state index is 0. The summed E-state index contributed by atoms with van der Waals surface area (Å²) in [4.78, 5) is 66.4. The molecule has 0 aliphatic carbocycles. The summed E-state index contributed by atoms with van der Waals surface area (Å²) in [6, 6.07) is 22.7. The molecule has 3 aromatic carbocycles. The van der Waals surface area contributed by atoms with E-state index in [1.165, 1.54) is 0 Å². The lowest BCUT2D eigenvalue weighted by Gasteiger charge is -2.27. The monoisotopic (exact) mass is 1750 g/mol. The molecular formula is C69H94BI4N9O8Si2. The molecule has 3 aromatic heterocycles. The number of carbonyl (C=O) groups excluding carboxylic acids is 3. The molecule has 0 radical (unpaired) electrons. The molecule has 3 saturated heterocycles. The van der Waals surface area contributed by atoms with Gasteiger partial charge in [-0.2, -0.15) is 0 Å². The van der Waals surface area contributed by atoms with E-state index >= 15 is 0 Å². The van der Waals surface area contributed by atoms with Crippen LogP contribution < -0.4 is 5.46 Å². The number of likely N-dealkylation sites (tertiary alicyclic amines) is 3. The maximum atomic E-state index is 12.7. The topological polar surface area (TPSA) is 215 Å². The van der Waals surface area contributed by atoms with Gasteiger partial charge < -0.3 is 39.2 Å². The number of imidazole rings is 3. The smallest absolute Gasteiger partial charge is 0.444 e. The van der Waals surface area contributed by atoms with Crippen LogP contribution in [-0.4, -0.2) is 133 Å². The van der Waals surface area contributed by atoms with Gasteiger partial charge in [-0.3, -0.25) is 14.7 Å². The summed E-state index contributed by atoms with van der Waals surface area (Å²) < 4.78 is 17.6. The number of H-pyrrole nitrogens is 3. The van der Waals surface area contributed by atoms with Gasteiger partial charge in [-0.15, -0.1) is 41.5 Å². The first-order valence-electron chi connectivity index (χ1n) is 31.0. The summed E-state index contributed by atoms with van der Waals surface area (Å²) in [6.07, 6.45) is 12.7. The number of benzene rings is 3. The average molecular weight is 1750 g/mol. The fourth-order valence-electron chi connectivity index (χ4n) is 10.0. The Hall–Kier alpha value is -4.88. The first-order valence-corrected chi connectivity index (χ1v) is 45.3. The van der Waals surface area contributed by atoms with Gasteiger partial charge in [0.25, 0.3) is 0 Å². The first kappa shape index (κ1) is 80.6. The van der Waals surface area contributed by atoms with E-state index in [9.17, 15) is 14.4 Å². The zero-order valence-electron chi connectivity index (χ0n) is 57.1. The maximum Gasteiger partial charge on any atom is 0.488 e. The van der Waals surface area contributed by atoms with Crippen LogP contribution in [0, 0.1) is 56.7 Å². The molecule has 0 unspecified atom stereocenters. The van der Waals surface area contributed by atoms with Crippen LogP contribution in [-0.2, 0) is 14.2 Å². The minimum atomic E-state index is -1.40. The highest BCUT2D eigenvalue weighted by molar-refractivity contribution is 15.0. The Kier molecular flexibility index (Phi) is 30.7. The number of aromatic nitrogens is 6. The van der Waals surface area contributed by atoms with Gasteiger partial charge in [0.05, 0.1) is 51.8 Å². The highest BCUT2D eigenvalue weighted by Gasteiger charge is 2.41. The molecule has 9 rings (SSSR count). The second kappa shape index (κ2) is 35.4. The molecule has 5 N–H and O–H groups in total. The molecule has 6 atom stereocenters. The largest absolute Gasteiger partial charge is 0.488 e. The van der Waals surface area contributed by atoms with E-state index in [0.29, 0.717) is 36.3 Å². The third-order valence-corrected chi connectivity index (χ3v) is 16.3. The maximum absolute atomic E-state index is 12.7. The standard InChI is InChI=1S/C24H33N3O2Si.C21H25N3O2.C13H20IN3O2.C11H15BO2Si.I2.HI/c1-17-14-21(27(16-17)23(28)29-24(2,3)4)22-25-15-20(26-22)19-10-8-18(9-11-19)12-13-30(5,6)7;1-6-15-7-9-16(10-8-15)17-12-22-19(23-17)18-11-14(2)13-24(18)20(25)26-21(3,4)5;1-8-5-9(11-15-6-10(14)16-11)17(7-8)12(18)19-13(2,3)4;1-15(2,3)9-8-10-4-6-11(7-5-10)12(13)14;1-2;/h8-11,15,17,21H,14,16H2,1-7H3,(H,25,26);1,7-10,12,14,18H,11,13H2,2-5H3,(H,22,23);6,8-9H,5,7H2,1-4H3,(H,15,16);4-7,13-14H,1-3H3;;1H/t17-,21-;14-,18-;8-,9-;;;/m000.../s1. The van der Waals surface area contributed by atoms with Crippen LogP contribution in [0.4, 0.5) is 14.4 Å². The number of nitrogens with one attached hydrogen (secondary N) is 3. The van der Waals surface area contributed by atoms with E-state index < -0.39 is 40.1 Å². The molecule has 0 saturated carbocycles. The number of halogens is 4. The lowest BCUT2D eigenvalue weighted by Crippen LogP contribution is -2.37. The number of terminal acetylenes is 1. The van der Waals surface area contributed by atoms with Crippen molar-refractivity contribution >= 4 is 131 Å². The van der Waals surface area contributed by atoms with Crippen molar-refractivity contribution in [3.63, 3.8) is 0 Å². The number of hydrogen-bond acceptors (Lipinski definition) is 11. The Labute approximate surface area is 609 Å². The second-order valence-corrected chi connectivity index (χ2v) is 39.4. The highest BCUT2D eigenvalue weighted by Crippen LogP contribution is 2.38. The molecule has 0 spiro atoms. The van der Waals surface area contributed by atoms with Crippen LogP contribution in [0.1, 0.15) is 155 Å². The van der Waals surface area contributed by atoms with Gasteiger partial charge in [-0.1, -0.05) is 114 Å². The number of rotatable bonds is 6. The zero-order chi connectivity index (χ0) is 68.7. The van der Waals surface area contributed by atoms with Crippen LogP contribution >= 0.6 is 83.8 Å². The molecule has 3 aliphatic rings. The van der Waals surface area contributed by atoms with Crippen molar-refractivity contribution in [2.24, 2.45) is 17.8 Å². The van der Waals surface area contributed by atoms with Gasteiger partial charge in [0.15, 0.2) is 0 Å². The van der Waals surface area contributed by atoms with Crippen molar-refractivity contribution in [2.75, 3.05) is 19.6 Å². The van der Waals surface area contributed by atoms with E-state index in [-0.39, 0.29) is 60.4 Å². The van der Waals surface area contributed by atoms with E-state index in [4.69, 9.17) is 30.7 Å². The van der Waals surface area contributed by atoms with Gasteiger partial charge in [0, 0.05) is 73.6 Å². The predicted molar refractivity (Wildman–Crippen MR) is 416 cm³/mol. The fraction of sp³-hybridized carbons (Fsp3) is 0.478. The van der Waals surface area contributed by atoms with Crippen molar-refractivity contribution in [1.29, 1.82) is 0 Å². The number of ether oxygens (including phenoxy) is 3. The number of amides is 3. The molecule has 17 nitrogen and oxygen atoms in total. The molecule has 93 heavy (non-hydrogen) atoms. The SMILES string of the molecule is C#Cc1ccc(-c2cnc([C@@H]3C[C@H](C)CN3C(=O)OC(C)(C)C)[nH]2)cc1.C[C@H]1C[C@@H](c2ncc(-c3ccc(C#C[Si](C)(C)C)cc3)[nH]2)N(C(=O)OC(C)(C)C)C1.C[C@H]1C[C@@H](c2ncc(I)[nH]2)N(C(=O)OC(C)(C)C)C1.C[Si](C)(C)C#Cc1ccc(B(O)O)cc1.I.II. The number of aromatic amines is 3. The van der Waals surface area contributed by atoms with Gasteiger partial charge >= 0.3 is 25.4 Å². The van der Waals surface area contributed by atoms with Crippen molar-refractivity contribution in [3.8, 4) is 57.8 Å². The molecule has 3 fully saturated rings. The molecule has 6 aromatic rings. The van der Waals surface area contributed by atoms with E-state index in [2.05, 4.69) is 191 Å². The Morgan fingerprint density at radius 2 is 0.839 bits per heavy atom. The average Bonchev–Trinajstić information content (AvgIpc) is 1.68. The molecule has 6 heterocycles. The van der Waals surface area contributed by atoms with Crippen LogP contribution in [0.25, 0.3) is 22.5 Å². The van der Waals surface area contributed by atoms with Crippen LogP contribution in [0.3, 0.4) is 0 Å². The summed E-state index contributed by atoms with van der Waals surface area (Å²) in [6.45, 7) is 38.8. The Balaban J connectivity index is 0.000000269. The number of nitrogens with zero attached hydrogens (tertiary/aromatic N) is 6. The van der Waals surface area contributed by atoms with E-state index in [1.54, 1.807) is 39.2 Å². The Bertz CT molecular complexity index is 3560. The van der Waals surface area contributed by atoms with Crippen LogP contribution in [0.2, 0.25) is 39.3 Å². The van der Waals surface area contributed by atoms with Gasteiger partial charge in [0.2, 0.25) is 0 Å². The predicted octanol–water partition coefficient (Wildman–Crippen LogP) is 16.3. The first-order chi connectivity index (χ1) is 42.8. The van der Waals surface area contributed by atoms with E-state index in [0.717, 1.165) is 86.2 Å². The minimum Gasteiger partial charge on any atom is -0.444 e. The molecule has 24 heteroatoms. The van der Waals surface area contributed by atoms with Crippen LogP contribution in [0.5, 0.6) is 0 Å². The van der Waals surface area contributed by atoms with Gasteiger partial charge in [-0.05, 0) is 175 Å². The lowest BCUT2D eigenvalue weighted by molar-refractivity contribution is 0.0204. The summed E-state index contributed by atoms with van der Waals surface area (Å²) in [7, 11) is -4.12. The quantitative estimate of drug-likeness (QED) is 0.0458. The Morgan fingerprint density at radius 3 is 1.12 bits per heavy atom. The van der Waals surface area contributed by atoms with Crippen molar-refractivity contribution in [1.82, 2.24) is 44.6 Å². The second-order valence-electron chi connectivity index (χ2n) is 28.7. The molecular weight excluding hydrogens is 1660 g/mol. The zero-order valence-corrected chi connectivity index (χ0v) is 67.9. The van der Waals surface area contributed by atoms with Crippen molar-refractivity contribution in [3.05, 3.63) is 129 Å². The lowest BCUT2D eigenvalue weighted by atomic mass is 9.80.